The van der Waals surface area contributed by atoms with Crippen molar-refractivity contribution in [1.29, 1.82) is 0 Å². The molecule has 0 radical (unpaired) electrons. The lowest BCUT2D eigenvalue weighted by atomic mass is 9.89. The van der Waals surface area contributed by atoms with Crippen LogP contribution in [0.3, 0.4) is 0 Å². The molecule has 3 atom stereocenters. The third-order valence-corrected chi connectivity index (χ3v) is 5.80. The lowest BCUT2D eigenvalue weighted by Gasteiger charge is -2.38. The minimum Gasteiger partial charge on any atom is -0.357 e. The van der Waals surface area contributed by atoms with Gasteiger partial charge in [-0.25, -0.2) is 0 Å². The summed E-state index contributed by atoms with van der Waals surface area (Å²) in [6, 6.07) is 3.74. The van der Waals surface area contributed by atoms with Crippen molar-refractivity contribution in [2.24, 2.45) is 5.92 Å². The average Bonchev–Trinajstić information content (AvgIpc) is 2.69. The minimum atomic E-state index is -0.225. The van der Waals surface area contributed by atoms with E-state index in [0.717, 1.165) is 38.0 Å². The molecule has 4 heteroatoms. The van der Waals surface area contributed by atoms with Crippen LogP contribution in [0.2, 0.25) is 5.02 Å². The van der Waals surface area contributed by atoms with Crippen LogP contribution in [-0.2, 0) is 4.74 Å². The molecule has 1 aromatic heterocycles. The number of pyridine rings is 1. The number of hydrogen-bond acceptors (Lipinski definition) is 3. The molecule has 0 bridgehead atoms. The quantitative estimate of drug-likeness (QED) is 0.632. The zero-order chi connectivity index (χ0) is 18.4. The first-order valence-corrected chi connectivity index (χ1v) is 10.4. The molecule has 1 fully saturated rings. The number of halogens is 1. The first-order chi connectivity index (χ1) is 12.6. The lowest BCUT2D eigenvalue weighted by Crippen LogP contribution is -2.39. The second-order valence-corrected chi connectivity index (χ2v) is 8.08. The summed E-state index contributed by atoms with van der Waals surface area (Å²) >= 11 is 6.22. The summed E-state index contributed by atoms with van der Waals surface area (Å²) in [4.78, 5) is 7.08. The van der Waals surface area contributed by atoms with Gasteiger partial charge in [0.05, 0.1) is 11.3 Å². The van der Waals surface area contributed by atoms with E-state index in [1.165, 1.54) is 19.4 Å². The average molecular weight is 375 g/mol. The molecule has 2 aliphatic heterocycles. The van der Waals surface area contributed by atoms with E-state index in [4.69, 9.17) is 16.3 Å². The van der Waals surface area contributed by atoms with E-state index in [-0.39, 0.29) is 11.7 Å². The predicted octanol–water partition coefficient (Wildman–Crippen LogP) is 5.58. The fourth-order valence-electron chi connectivity index (χ4n) is 3.88. The number of rotatable bonds is 2. The predicted molar refractivity (Wildman–Crippen MR) is 108 cm³/mol. The van der Waals surface area contributed by atoms with Crippen molar-refractivity contribution in [1.82, 2.24) is 9.88 Å². The topological polar surface area (TPSA) is 25.4 Å². The molecular formula is C22H31ClN2O. The number of likely N-dealkylation sites (tertiary alicyclic amines) is 1. The highest BCUT2D eigenvalue weighted by molar-refractivity contribution is 6.30. The van der Waals surface area contributed by atoms with Crippen LogP contribution in [0.25, 0.3) is 0 Å². The molecule has 3 nitrogen and oxygen atoms in total. The van der Waals surface area contributed by atoms with Crippen LogP contribution in [0.4, 0.5) is 0 Å². The number of ether oxygens (including phenoxy) is 1. The van der Waals surface area contributed by atoms with Crippen molar-refractivity contribution >= 4 is 11.6 Å². The number of allylic oxidation sites excluding steroid dienone is 2. The maximum Gasteiger partial charge on any atom is 0.119 e. The van der Waals surface area contributed by atoms with E-state index in [1.54, 1.807) is 6.20 Å². The zero-order valence-corrected chi connectivity index (χ0v) is 16.8. The summed E-state index contributed by atoms with van der Waals surface area (Å²) < 4.78 is 6.80. The van der Waals surface area contributed by atoms with Gasteiger partial charge in [0, 0.05) is 17.8 Å². The third kappa shape index (κ3) is 5.18. The van der Waals surface area contributed by atoms with Gasteiger partial charge < -0.3 is 9.64 Å². The maximum atomic E-state index is 6.80. The molecule has 1 saturated heterocycles. The Bertz CT molecular complexity index is 645. The molecule has 0 N–H and O–H groups in total. The Morgan fingerprint density at radius 1 is 1.27 bits per heavy atom. The van der Waals surface area contributed by atoms with Gasteiger partial charge in [-0.15, -0.1) is 0 Å². The van der Waals surface area contributed by atoms with Gasteiger partial charge in [0.25, 0.3) is 0 Å². The smallest absolute Gasteiger partial charge is 0.119 e. The van der Waals surface area contributed by atoms with Crippen molar-refractivity contribution in [3.8, 4) is 0 Å². The molecule has 0 saturated carbocycles. The Hall–Kier alpha value is -1.16. The van der Waals surface area contributed by atoms with E-state index < -0.39 is 0 Å². The standard InChI is InChI=1S/C22H31ClN2O/c1-3-25-15-5-4-11-22(13-16-25)12-6-7-18(2)8-9-21(26-22)20-17-19(23)10-14-24-20/h6,8-10,12,14,17-18,21H,3-5,7,11,13,15-16H2,1-2H3/b9-8+,12-6+. The third-order valence-electron chi connectivity index (χ3n) is 5.56. The van der Waals surface area contributed by atoms with E-state index in [1.807, 2.05) is 12.1 Å². The highest BCUT2D eigenvalue weighted by Crippen LogP contribution is 2.36. The highest BCUT2D eigenvalue weighted by Gasteiger charge is 2.33. The van der Waals surface area contributed by atoms with Crippen LogP contribution in [0.1, 0.15) is 57.7 Å². The largest absolute Gasteiger partial charge is 0.357 e. The van der Waals surface area contributed by atoms with Crippen LogP contribution in [-0.4, -0.2) is 35.1 Å². The Labute approximate surface area is 163 Å². The molecule has 2 aliphatic rings. The molecule has 0 aliphatic carbocycles. The Morgan fingerprint density at radius 3 is 2.96 bits per heavy atom. The molecule has 0 amide bonds. The van der Waals surface area contributed by atoms with Crippen molar-refractivity contribution in [2.45, 2.75) is 57.7 Å². The Morgan fingerprint density at radius 2 is 2.15 bits per heavy atom. The second kappa shape index (κ2) is 9.16. The summed E-state index contributed by atoms with van der Waals surface area (Å²) in [5.41, 5.74) is 0.668. The number of aromatic nitrogens is 1. The van der Waals surface area contributed by atoms with Gasteiger partial charge in [-0.1, -0.05) is 49.8 Å². The van der Waals surface area contributed by atoms with Gasteiger partial charge in [0.2, 0.25) is 0 Å². The van der Waals surface area contributed by atoms with E-state index in [9.17, 15) is 0 Å². The first-order valence-electron chi connectivity index (χ1n) is 9.98. The van der Waals surface area contributed by atoms with Crippen LogP contribution in [0.15, 0.2) is 42.6 Å². The molecule has 3 heterocycles. The van der Waals surface area contributed by atoms with Gasteiger partial charge in [-0.05, 0) is 63.2 Å². The van der Waals surface area contributed by atoms with Crippen molar-refractivity contribution in [3.63, 3.8) is 0 Å². The summed E-state index contributed by atoms with van der Waals surface area (Å²) in [6.45, 7) is 7.88. The molecule has 3 rings (SSSR count). The van der Waals surface area contributed by atoms with Crippen molar-refractivity contribution in [2.75, 3.05) is 19.6 Å². The summed E-state index contributed by atoms with van der Waals surface area (Å²) in [5.74, 6) is 0.493. The van der Waals surface area contributed by atoms with Gasteiger partial charge in [0.15, 0.2) is 0 Å². The van der Waals surface area contributed by atoms with Gasteiger partial charge in [0.1, 0.15) is 6.10 Å². The van der Waals surface area contributed by atoms with Gasteiger partial charge in [-0.2, -0.15) is 0 Å². The van der Waals surface area contributed by atoms with Crippen LogP contribution < -0.4 is 0 Å². The fourth-order valence-corrected chi connectivity index (χ4v) is 4.05. The Balaban J connectivity index is 1.90. The normalized spacial score (nSPS) is 33.5. The summed E-state index contributed by atoms with van der Waals surface area (Å²) in [7, 11) is 0. The number of hydrogen-bond donors (Lipinski definition) is 0. The van der Waals surface area contributed by atoms with Gasteiger partial charge >= 0.3 is 0 Å². The second-order valence-electron chi connectivity index (χ2n) is 7.64. The molecule has 0 aromatic carbocycles. The number of nitrogens with zero attached hydrogens (tertiary/aromatic N) is 2. The molecule has 1 aromatic rings. The molecule has 3 unspecified atom stereocenters. The highest BCUT2D eigenvalue weighted by atomic mass is 35.5. The van der Waals surface area contributed by atoms with Crippen molar-refractivity contribution < 1.29 is 4.74 Å². The molecule has 1 spiro atoms. The maximum absolute atomic E-state index is 6.80. The first kappa shape index (κ1) is 19.6. The monoisotopic (exact) mass is 374 g/mol. The van der Waals surface area contributed by atoms with E-state index >= 15 is 0 Å². The van der Waals surface area contributed by atoms with Crippen LogP contribution in [0.5, 0.6) is 0 Å². The van der Waals surface area contributed by atoms with Gasteiger partial charge in [-0.3, -0.25) is 4.98 Å². The summed E-state index contributed by atoms with van der Waals surface area (Å²) in [5, 5.41) is 0.708. The van der Waals surface area contributed by atoms with Crippen LogP contribution >= 0.6 is 11.6 Å². The SMILES string of the molecule is CCN1CCCCC2(/C=C/CC(C)/C=C/C(c3cc(Cl)ccn3)O2)CC1. The van der Waals surface area contributed by atoms with Crippen LogP contribution in [0, 0.1) is 5.92 Å². The van der Waals surface area contributed by atoms with E-state index in [2.05, 4.69) is 48.0 Å². The lowest BCUT2D eigenvalue weighted by molar-refractivity contribution is -0.0653. The fraction of sp³-hybridized carbons (Fsp3) is 0.591. The minimum absolute atomic E-state index is 0.159. The van der Waals surface area contributed by atoms with E-state index in [0.29, 0.717) is 10.9 Å². The Kier molecular flexibility index (Phi) is 6.91. The zero-order valence-electron chi connectivity index (χ0n) is 16.0. The molecular weight excluding hydrogens is 344 g/mol. The molecule has 26 heavy (non-hydrogen) atoms. The summed E-state index contributed by atoms with van der Waals surface area (Å²) in [6.07, 6.45) is 16.3. The van der Waals surface area contributed by atoms with Crippen molar-refractivity contribution in [3.05, 3.63) is 53.4 Å². The molecule has 142 valence electrons.